The SMILES string of the molecule is CCc1coc(C)c1SSc1c(CC)coc1C. The van der Waals surface area contributed by atoms with E-state index in [1.165, 1.54) is 20.9 Å². The summed E-state index contributed by atoms with van der Waals surface area (Å²) < 4.78 is 11.0. The predicted molar refractivity (Wildman–Crippen MR) is 77.4 cm³/mol. The molecule has 0 saturated carbocycles. The largest absolute Gasteiger partial charge is 0.468 e. The number of aryl methyl sites for hydroxylation is 4. The van der Waals surface area contributed by atoms with Crippen molar-refractivity contribution in [1.29, 1.82) is 0 Å². The van der Waals surface area contributed by atoms with Crippen LogP contribution in [0.25, 0.3) is 0 Å². The lowest BCUT2D eigenvalue weighted by Crippen LogP contribution is -1.81. The topological polar surface area (TPSA) is 26.3 Å². The minimum absolute atomic E-state index is 1.00. The number of hydrogen-bond acceptors (Lipinski definition) is 4. The van der Waals surface area contributed by atoms with Gasteiger partial charge < -0.3 is 8.83 Å². The summed E-state index contributed by atoms with van der Waals surface area (Å²) in [6.07, 6.45) is 5.73. The Hall–Kier alpha value is -0.740. The molecule has 98 valence electrons. The molecule has 0 bridgehead atoms. The Labute approximate surface area is 116 Å². The van der Waals surface area contributed by atoms with E-state index in [1.807, 2.05) is 26.4 Å². The highest BCUT2D eigenvalue weighted by Crippen LogP contribution is 2.44. The molecule has 4 heteroatoms. The number of hydrogen-bond donors (Lipinski definition) is 0. The van der Waals surface area contributed by atoms with Crippen LogP contribution in [-0.4, -0.2) is 0 Å². The molecular formula is C14H18O2S2. The highest BCUT2D eigenvalue weighted by atomic mass is 33.1. The van der Waals surface area contributed by atoms with Crippen molar-refractivity contribution in [3.8, 4) is 0 Å². The van der Waals surface area contributed by atoms with E-state index in [0.29, 0.717) is 0 Å². The zero-order valence-corrected chi connectivity index (χ0v) is 12.8. The molecule has 0 amide bonds. The Morgan fingerprint density at radius 3 is 1.56 bits per heavy atom. The van der Waals surface area contributed by atoms with Crippen molar-refractivity contribution < 1.29 is 8.83 Å². The Morgan fingerprint density at radius 1 is 0.833 bits per heavy atom. The third-order valence-electron chi connectivity index (χ3n) is 2.95. The molecule has 0 aliphatic heterocycles. The molecule has 0 aromatic carbocycles. The van der Waals surface area contributed by atoms with Crippen molar-refractivity contribution in [3.05, 3.63) is 35.2 Å². The summed E-state index contributed by atoms with van der Waals surface area (Å²) in [6.45, 7) is 8.34. The average Bonchev–Trinajstić information content (AvgIpc) is 2.90. The van der Waals surface area contributed by atoms with Gasteiger partial charge in [-0.2, -0.15) is 0 Å². The average molecular weight is 282 g/mol. The van der Waals surface area contributed by atoms with Crippen molar-refractivity contribution in [2.24, 2.45) is 0 Å². The summed E-state index contributed by atoms with van der Waals surface area (Å²) in [7, 11) is 3.54. The summed E-state index contributed by atoms with van der Waals surface area (Å²) in [5.41, 5.74) is 2.56. The zero-order chi connectivity index (χ0) is 13.1. The molecule has 0 saturated heterocycles. The molecule has 2 heterocycles. The van der Waals surface area contributed by atoms with Gasteiger partial charge in [0.25, 0.3) is 0 Å². The van der Waals surface area contributed by atoms with Gasteiger partial charge in [0, 0.05) is 11.1 Å². The van der Waals surface area contributed by atoms with Crippen LogP contribution in [0.1, 0.15) is 36.5 Å². The van der Waals surface area contributed by atoms with Crippen LogP contribution in [0.2, 0.25) is 0 Å². The van der Waals surface area contributed by atoms with E-state index in [0.717, 1.165) is 24.4 Å². The van der Waals surface area contributed by atoms with Crippen LogP contribution < -0.4 is 0 Å². The second kappa shape index (κ2) is 5.93. The summed E-state index contributed by atoms with van der Waals surface area (Å²) >= 11 is 0. The van der Waals surface area contributed by atoms with E-state index in [2.05, 4.69) is 13.8 Å². The molecule has 0 aliphatic carbocycles. The maximum absolute atomic E-state index is 5.49. The summed E-state index contributed by atoms with van der Waals surface area (Å²) in [6, 6.07) is 0. The van der Waals surface area contributed by atoms with Gasteiger partial charge in [0.2, 0.25) is 0 Å². The van der Waals surface area contributed by atoms with Crippen molar-refractivity contribution in [2.75, 3.05) is 0 Å². The molecule has 2 aromatic heterocycles. The van der Waals surface area contributed by atoms with Crippen LogP contribution >= 0.6 is 21.6 Å². The van der Waals surface area contributed by atoms with Gasteiger partial charge in [-0.05, 0) is 48.3 Å². The summed E-state index contributed by atoms with van der Waals surface area (Å²) in [5, 5.41) is 0. The fourth-order valence-corrected chi connectivity index (χ4v) is 4.72. The van der Waals surface area contributed by atoms with Crippen molar-refractivity contribution in [1.82, 2.24) is 0 Å². The van der Waals surface area contributed by atoms with Gasteiger partial charge >= 0.3 is 0 Å². The fourth-order valence-electron chi connectivity index (χ4n) is 1.78. The lowest BCUT2D eigenvalue weighted by molar-refractivity contribution is 0.525. The van der Waals surface area contributed by atoms with Gasteiger partial charge in [0.15, 0.2) is 0 Å². The Kier molecular flexibility index (Phi) is 4.51. The van der Waals surface area contributed by atoms with Crippen LogP contribution in [0.5, 0.6) is 0 Å². The van der Waals surface area contributed by atoms with Gasteiger partial charge in [0.1, 0.15) is 11.5 Å². The van der Waals surface area contributed by atoms with Crippen LogP contribution in [0, 0.1) is 13.8 Å². The maximum atomic E-state index is 5.49. The molecule has 0 spiro atoms. The Balaban J connectivity index is 2.16. The second-order valence-electron chi connectivity index (χ2n) is 4.17. The van der Waals surface area contributed by atoms with Gasteiger partial charge in [-0.15, -0.1) is 0 Å². The molecular weight excluding hydrogens is 264 g/mol. The predicted octanol–water partition coefficient (Wildman–Crippen LogP) is 5.41. The minimum Gasteiger partial charge on any atom is -0.468 e. The van der Waals surface area contributed by atoms with E-state index in [4.69, 9.17) is 8.83 Å². The van der Waals surface area contributed by atoms with Gasteiger partial charge in [0.05, 0.1) is 22.3 Å². The first-order chi connectivity index (χ1) is 8.67. The molecule has 0 aliphatic rings. The lowest BCUT2D eigenvalue weighted by atomic mass is 10.2. The first-order valence-electron chi connectivity index (χ1n) is 6.15. The van der Waals surface area contributed by atoms with Crippen LogP contribution in [0.15, 0.2) is 31.2 Å². The van der Waals surface area contributed by atoms with Gasteiger partial charge in [-0.3, -0.25) is 0 Å². The first-order valence-corrected chi connectivity index (χ1v) is 8.30. The molecule has 0 unspecified atom stereocenters. The van der Waals surface area contributed by atoms with E-state index in [-0.39, 0.29) is 0 Å². The molecule has 0 N–H and O–H groups in total. The molecule has 2 aromatic rings. The van der Waals surface area contributed by atoms with Crippen molar-refractivity contribution in [3.63, 3.8) is 0 Å². The lowest BCUT2D eigenvalue weighted by Gasteiger charge is -2.03. The number of rotatable bonds is 5. The van der Waals surface area contributed by atoms with Crippen molar-refractivity contribution in [2.45, 2.75) is 50.3 Å². The normalized spacial score (nSPS) is 11.1. The Bertz CT molecular complexity index is 478. The fraction of sp³-hybridized carbons (Fsp3) is 0.429. The van der Waals surface area contributed by atoms with Crippen LogP contribution in [0.4, 0.5) is 0 Å². The minimum atomic E-state index is 1.00. The van der Waals surface area contributed by atoms with Crippen LogP contribution in [0.3, 0.4) is 0 Å². The molecule has 2 rings (SSSR count). The third-order valence-corrected chi connectivity index (χ3v) is 5.71. The van der Waals surface area contributed by atoms with Gasteiger partial charge in [-0.1, -0.05) is 13.8 Å². The van der Waals surface area contributed by atoms with Crippen LogP contribution in [-0.2, 0) is 12.8 Å². The van der Waals surface area contributed by atoms with E-state index >= 15 is 0 Å². The Morgan fingerprint density at radius 2 is 1.22 bits per heavy atom. The van der Waals surface area contributed by atoms with E-state index in [1.54, 1.807) is 21.6 Å². The standard InChI is InChI=1S/C14H18O2S2/c1-5-11-7-15-9(3)13(11)17-18-14-10(4)16-8-12(14)6-2/h7-8H,5-6H2,1-4H3. The summed E-state index contributed by atoms with van der Waals surface area (Å²) in [4.78, 5) is 2.51. The van der Waals surface area contributed by atoms with E-state index < -0.39 is 0 Å². The number of furan rings is 2. The van der Waals surface area contributed by atoms with E-state index in [9.17, 15) is 0 Å². The quantitative estimate of drug-likeness (QED) is 0.685. The third kappa shape index (κ3) is 2.64. The highest BCUT2D eigenvalue weighted by molar-refractivity contribution is 8.76. The molecule has 18 heavy (non-hydrogen) atoms. The zero-order valence-electron chi connectivity index (χ0n) is 11.2. The smallest absolute Gasteiger partial charge is 0.115 e. The molecule has 0 radical (unpaired) electrons. The maximum Gasteiger partial charge on any atom is 0.115 e. The second-order valence-corrected chi connectivity index (χ2v) is 6.32. The molecule has 0 atom stereocenters. The van der Waals surface area contributed by atoms with Crippen molar-refractivity contribution >= 4 is 21.6 Å². The van der Waals surface area contributed by atoms with Gasteiger partial charge in [-0.25, -0.2) is 0 Å². The molecule has 2 nitrogen and oxygen atoms in total. The monoisotopic (exact) mass is 282 g/mol. The molecule has 0 fully saturated rings. The first kappa shape index (κ1) is 13.7. The summed E-state index contributed by atoms with van der Waals surface area (Å²) in [5.74, 6) is 2.01. The highest BCUT2D eigenvalue weighted by Gasteiger charge is 2.14.